The Kier molecular flexibility index (Phi) is 7.56. The molecule has 0 radical (unpaired) electrons. The van der Waals surface area contributed by atoms with Gasteiger partial charge in [0.05, 0.1) is 53.9 Å². The van der Waals surface area contributed by atoms with Crippen LogP contribution in [0.2, 0.25) is 10.0 Å². The monoisotopic (exact) mass is 596 g/mol. The van der Waals surface area contributed by atoms with Gasteiger partial charge in [-0.25, -0.2) is 4.39 Å². The van der Waals surface area contributed by atoms with Crippen LogP contribution in [-0.4, -0.2) is 56.6 Å². The van der Waals surface area contributed by atoms with Gasteiger partial charge in [0.2, 0.25) is 5.72 Å². The molecule has 1 saturated heterocycles. The largest absolute Gasteiger partial charge is 0.395 e. The van der Waals surface area contributed by atoms with Gasteiger partial charge >= 0.3 is 0 Å². The molecule has 212 valence electrons. The van der Waals surface area contributed by atoms with Gasteiger partial charge in [-0.2, -0.15) is 5.10 Å². The van der Waals surface area contributed by atoms with E-state index in [1.807, 2.05) is 0 Å². The second-order valence-electron chi connectivity index (χ2n) is 10.2. The molecule has 11 heteroatoms. The van der Waals surface area contributed by atoms with Gasteiger partial charge in [-0.3, -0.25) is 19.4 Å². The molecule has 0 aliphatic carbocycles. The van der Waals surface area contributed by atoms with E-state index in [4.69, 9.17) is 32.7 Å². The summed E-state index contributed by atoms with van der Waals surface area (Å²) in [5, 5.41) is 15.4. The Balaban J connectivity index is 1.56. The number of rotatable bonds is 8. The number of benzene rings is 2. The highest BCUT2D eigenvalue weighted by Gasteiger charge is 2.55. The van der Waals surface area contributed by atoms with Crippen LogP contribution < -0.4 is 0 Å². The molecule has 0 bridgehead atoms. The predicted molar refractivity (Wildman–Crippen MR) is 150 cm³/mol. The highest BCUT2D eigenvalue weighted by atomic mass is 35.5. The fourth-order valence-electron chi connectivity index (χ4n) is 5.65. The number of amides is 1. The highest BCUT2D eigenvalue weighted by Crippen LogP contribution is 2.49. The molecule has 0 spiro atoms. The third kappa shape index (κ3) is 5.02. The summed E-state index contributed by atoms with van der Waals surface area (Å²) < 4.78 is 30.6. The number of ether oxygens (including phenoxy) is 2. The van der Waals surface area contributed by atoms with E-state index < -0.39 is 29.5 Å². The summed E-state index contributed by atoms with van der Waals surface area (Å²) in [5.74, 6) is -1.65. The lowest BCUT2D eigenvalue weighted by Gasteiger charge is -2.41. The van der Waals surface area contributed by atoms with E-state index in [0.717, 1.165) is 0 Å². The molecular weight excluding hydrogens is 570 g/mol. The summed E-state index contributed by atoms with van der Waals surface area (Å²) in [6.45, 7) is 0.515. The van der Waals surface area contributed by atoms with Crippen molar-refractivity contribution in [3.63, 3.8) is 0 Å². The van der Waals surface area contributed by atoms with E-state index in [1.54, 1.807) is 66.6 Å². The van der Waals surface area contributed by atoms with Gasteiger partial charge in [0.25, 0.3) is 5.91 Å². The van der Waals surface area contributed by atoms with E-state index in [-0.39, 0.29) is 24.3 Å². The fraction of sp³-hybridized carbons (Fsp3) is 0.300. The van der Waals surface area contributed by atoms with Crippen LogP contribution in [0.5, 0.6) is 0 Å². The topological polar surface area (TPSA) is 89.7 Å². The van der Waals surface area contributed by atoms with Crippen LogP contribution in [0.3, 0.4) is 0 Å². The van der Waals surface area contributed by atoms with Crippen LogP contribution >= 0.6 is 23.2 Å². The van der Waals surface area contributed by atoms with E-state index >= 15 is 4.39 Å². The molecule has 2 aliphatic rings. The maximum absolute atomic E-state index is 16.6. The number of aromatic nitrogens is 3. The summed E-state index contributed by atoms with van der Waals surface area (Å²) in [5.41, 5.74) is 0.831. The number of halogens is 3. The van der Waals surface area contributed by atoms with Crippen molar-refractivity contribution in [3.8, 4) is 0 Å². The third-order valence-electron chi connectivity index (χ3n) is 7.59. The first-order chi connectivity index (χ1) is 19.8. The van der Waals surface area contributed by atoms with Crippen molar-refractivity contribution < 1.29 is 23.8 Å². The molecule has 1 unspecified atom stereocenters. The van der Waals surface area contributed by atoms with Crippen LogP contribution in [0.25, 0.3) is 0 Å². The van der Waals surface area contributed by atoms with Gasteiger partial charge in [0, 0.05) is 42.6 Å². The Morgan fingerprint density at radius 3 is 2.56 bits per heavy atom. The van der Waals surface area contributed by atoms with Crippen molar-refractivity contribution in [1.82, 2.24) is 19.7 Å². The average molecular weight is 597 g/mol. The molecule has 1 amide bonds. The molecule has 1 fully saturated rings. The summed E-state index contributed by atoms with van der Waals surface area (Å²) >= 11 is 12.3. The first kappa shape index (κ1) is 27.8. The number of hydrogen-bond acceptors (Lipinski definition) is 6. The van der Waals surface area contributed by atoms with Gasteiger partial charge in [-0.15, -0.1) is 0 Å². The molecule has 2 aromatic carbocycles. The smallest absolute Gasteiger partial charge is 0.257 e. The average Bonchev–Trinajstić information content (AvgIpc) is 3.68. The summed E-state index contributed by atoms with van der Waals surface area (Å²) in [7, 11) is 1.76. The molecular formula is C30H27Cl2FN4O4. The van der Waals surface area contributed by atoms with Crippen molar-refractivity contribution in [3.05, 3.63) is 116 Å². The second-order valence-corrected chi connectivity index (χ2v) is 11.1. The molecule has 41 heavy (non-hydrogen) atoms. The number of aliphatic hydroxyl groups excluding tert-OH is 1. The Bertz CT molecular complexity index is 1570. The number of nitrogens with zero attached hydrogens (tertiary/aromatic N) is 4. The second kappa shape index (κ2) is 11.2. The lowest BCUT2D eigenvalue weighted by molar-refractivity contribution is -0.148. The predicted octanol–water partition coefficient (Wildman–Crippen LogP) is 5.05. The first-order valence-corrected chi connectivity index (χ1v) is 13.9. The number of aliphatic hydroxyl groups is 1. The van der Waals surface area contributed by atoms with Gasteiger partial charge < -0.3 is 14.6 Å². The maximum atomic E-state index is 16.6. The quantitative estimate of drug-likeness (QED) is 0.306. The molecule has 8 nitrogen and oxygen atoms in total. The number of carbonyl (C=O) groups is 1. The number of aryl methyl sites for hydroxylation is 1. The zero-order chi connectivity index (χ0) is 28.7. The molecule has 3 atom stereocenters. The van der Waals surface area contributed by atoms with Crippen molar-refractivity contribution >= 4 is 29.1 Å². The van der Waals surface area contributed by atoms with Crippen molar-refractivity contribution in [1.29, 1.82) is 0 Å². The molecule has 6 rings (SSSR count). The van der Waals surface area contributed by atoms with Crippen molar-refractivity contribution in [2.24, 2.45) is 7.05 Å². The lowest BCUT2D eigenvalue weighted by atomic mass is 9.87. The number of fused-ring (bicyclic) bond motifs is 1. The molecule has 2 aliphatic heterocycles. The Morgan fingerprint density at radius 1 is 1.15 bits per heavy atom. The molecule has 2 aromatic heterocycles. The number of carbonyl (C=O) groups excluding carboxylic acids is 1. The standard InChI is InChI=1S/C30H27Cl2FN4O4/c1-36-14-19(12-35-36)26(16-38)18-10-25-28(27(33)11-18)30(41-24-8-9-40-17-24,20-2-4-21(31)5-3-20)37(29(25)39)15-23-7-6-22(32)13-34-23/h2-7,10-14,24,26,38H,8-9,15-17H2,1H3/t24-,26?,30+/m0/s1. The summed E-state index contributed by atoms with van der Waals surface area (Å²) in [4.78, 5) is 20.2. The van der Waals surface area contributed by atoms with E-state index in [9.17, 15) is 9.90 Å². The van der Waals surface area contributed by atoms with Gasteiger partial charge in [0.15, 0.2) is 0 Å². The van der Waals surface area contributed by atoms with E-state index in [0.29, 0.717) is 52.1 Å². The molecule has 4 heterocycles. The molecule has 1 N–H and O–H groups in total. The minimum atomic E-state index is -1.64. The molecule has 4 aromatic rings. The van der Waals surface area contributed by atoms with Crippen LogP contribution in [0.1, 0.15) is 50.6 Å². The number of hydrogen-bond donors (Lipinski definition) is 1. The zero-order valence-electron chi connectivity index (χ0n) is 22.1. The van der Waals surface area contributed by atoms with Crippen LogP contribution in [-0.2, 0) is 28.8 Å². The van der Waals surface area contributed by atoms with Crippen LogP contribution in [0.15, 0.2) is 67.1 Å². The normalized spacial score (nSPS) is 21.0. The molecule has 0 saturated carbocycles. The fourth-order valence-corrected chi connectivity index (χ4v) is 5.89. The maximum Gasteiger partial charge on any atom is 0.257 e. The number of pyridine rings is 1. The first-order valence-electron chi connectivity index (χ1n) is 13.2. The van der Waals surface area contributed by atoms with Crippen LogP contribution in [0.4, 0.5) is 4.39 Å². The summed E-state index contributed by atoms with van der Waals surface area (Å²) in [6.07, 6.45) is 5.06. The highest BCUT2D eigenvalue weighted by molar-refractivity contribution is 6.30. The van der Waals surface area contributed by atoms with E-state index in [2.05, 4.69) is 10.1 Å². The Labute approximate surface area is 246 Å². The zero-order valence-corrected chi connectivity index (χ0v) is 23.6. The Morgan fingerprint density at radius 2 is 1.93 bits per heavy atom. The third-order valence-corrected chi connectivity index (χ3v) is 8.06. The van der Waals surface area contributed by atoms with Crippen molar-refractivity contribution in [2.75, 3.05) is 19.8 Å². The SMILES string of the molecule is Cn1cc(C(CO)c2cc(F)c3c(c2)C(=O)N(Cc2ccc(Cl)cn2)[C@@]3(O[C@H]2CCOC2)c2ccc(Cl)cc2)cn1. The summed E-state index contributed by atoms with van der Waals surface area (Å²) in [6, 6.07) is 13.3. The van der Waals surface area contributed by atoms with Crippen molar-refractivity contribution in [2.45, 2.75) is 30.7 Å². The van der Waals surface area contributed by atoms with Gasteiger partial charge in [-0.05, 0) is 53.9 Å². The van der Waals surface area contributed by atoms with E-state index in [1.165, 1.54) is 17.2 Å². The minimum absolute atomic E-state index is 0.0156. The minimum Gasteiger partial charge on any atom is -0.395 e. The lowest BCUT2D eigenvalue weighted by Crippen LogP contribution is -2.49. The van der Waals surface area contributed by atoms with Crippen LogP contribution in [0, 0.1) is 5.82 Å². The van der Waals surface area contributed by atoms with Gasteiger partial charge in [-0.1, -0.05) is 35.3 Å². The Hall–Kier alpha value is -3.34. The van der Waals surface area contributed by atoms with Gasteiger partial charge in [0.1, 0.15) is 5.82 Å².